The zero-order valence-electron chi connectivity index (χ0n) is 11.9. The van der Waals surface area contributed by atoms with Gasteiger partial charge in [0.05, 0.1) is 5.60 Å². The topological polar surface area (TPSA) is 47.6 Å². The van der Waals surface area contributed by atoms with Gasteiger partial charge in [0.25, 0.3) is 5.91 Å². The number of hydrogen-bond donors (Lipinski definition) is 1. The van der Waals surface area contributed by atoms with Crippen molar-refractivity contribution in [1.29, 1.82) is 0 Å². The molecule has 0 radical (unpaired) electrons. The molecule has 1 amide bonds. The lowest BCUT2D eigenvalue weighted by Crippen LogP contribution is -2.47. The number of hydrogen-bond acceptors (Lipinski definition) is 4. The minimum absolute atomic E-state index is 0.109. The SMILES string of the molecule is CO[C@]1(CNC(=O)[C@H](C)Oc2ccccc2)CCSC1. The van der Waals surface area contributed by atoms with Crippen molar-refractivity contribution in [2.24, 2.45) is 0 Å². The first-order valence-corrected chi connectivity index (χ1v) is 7.93. The summed E-state index contributed by atoms with van der Waals surface area (Å²) in [6.07, 6.45) is 0.461. The van der Waals surface area contributed by atoms with Crippen molar-refractivity contribution in [3.63, 3.8) is 0 Å². The van der Waals surface area contributed by atoms with Gasteiger partial charge < -0.3 is 14.8 Å². The van der Waals surface area contributed by atoms with E-state index < -0.39 is 6.10 Å². The Labute approximate surface area is 124 Å². The van der Waals surface area contributed by atoms with Crippen molar-refractivity contribution in [3.8, 4) is 5.75 Å². The second kappa shape index (κ2) is 6.99. The van der Waals surface area contributed by atoms with Gasteiger partial charge in [-0.25, -0.2) is 0 Å². The van der Waals surface area contributed by atoms with Crippen LogP contribution in [0.25, 0.3) is 0 Å². The third-order valence-electron chi connectivity index (χ3n) is 3.51. The number of carbonyl (C=O) groups excluding carboxylic acids is 1. The molecule has 2 rings (SSSR count). The summed E-state index contributed by atoms with van der Waals surface area (Å²) in [6.45, 7) is 2.29. The van der Waals surface area contributed by atoms with E-state index in [4.69, 9.17) is 9.47 Å². The van der Waals surface area contributed by atoms with Gasteiger partial charge in [0, 0.05) is 19.4 Å². The smallest absolute Gasteiger partial charge is 0.260 e. The van der Waals surface area contributed by atoms with Gasteiger partial charge in [-0.3, -0.25) is 4.79 Å². The molecule has 0 spiro atoms. The molecular weight excluding hydrogens is 274 g/mol. The van der Waals surface area contributed by atoms with Crippen LogP contribution in [0.4, 0.5) is 0 Å². The third kappa shape index (κ3) is 3.90. The highest BCUT2D eigenvalue weighted by Crippen LogP contribution is 2.30. The fourth-order valence-corrected chi connectivity index (χ4v) is 3.51. The predicted octanol–water partition coefficient (Wildman–Crippen LogP) is 2.09. The van der Waals surface area contributed by atoms with Crippen LogP contribution in [0.5, 0.6) is 5.75 Å². The molecule has 5 heteroatoms. The molecule has 0 bridgehead atoms. The van der Waals surface area contributed by atoms with E-state index >= 15 is 0 Å². The van der Waals surface area contributed by atoms with Crippen molar-refractivity contribution in [3.05, 3.63) is 30.3 Å². The summed E-state index contributed by atoms with van der Waals surface area (Å²) in [4.78, 5) is 12.1. The van der Waals surface area contributed by atoms with Crippen LogP contribution in [0, 0.1) is 0 Å². The quantitative estimate of drug-likeness (QED) is 0.873. The number of thioether (sulfide) groups is 1. The predicted molar refractivity (Wildman–Crippen MR) is 81.2 cm³/mol. The van der Waals surface area contributed by atoms with E-state index in [9.17, 15) is 4.79 Å². The van der Waals surface area contributed by atoms with Crippen LogP contribution < -0.4 is 10.1 Å². The van der Waals surface area contributed by atoms with E-state index in [0.717, 1.165) is 17.9 Å². The van der Waals surface area contributed by atoms with Crippen molar-refractivity contribution in [1.82, 2.24) is 5.32 Å². The van der Waals surface area contributed by atoms with Gasteiger partial charge in [0.1, 0.15) is 5.75 Å². The molecule has 110 valence electrons. The Kier molecular flexibility index (Phi) is 5.31. The number of benzene rings is 1. The van der Waals surface area contributed by atoms with Crippen LogP contribution in [-0.2, 0) is 9.53 Å². The molecule has 1 saturated heterocycles. The van der Waals surface area contributed by atoms with Gasteiger partial charge >= 0.3 is 0 Å². The number of methoxy groups -OCH3 is 1. The summed E-state index contributed by atoms with van der Waals surface area (Å²) in [5.74, 6) is 2.60. The molecule has 1 aromatic carbocycles. The maximum absolute atomic E-state index is 12.1. The number of carbonyl (C=O) groups is 1. The van der Waals surface area contributed by atoms with E-state index in [1.54, 1.807) is 14.0 Å². The Morgan fingerprint density at radius 1 is 1.45 bits per heavy atom. The Morgan fingerprint density at radius 3 is 2.80 bits per heavy atom. The zero-order chi connectivity index (χ0) is 14.4. The van der Waals surface area contributed by atoms with Crippen LogP contribution in [0.2, 0.25) is 0 Å². The Hall–Kier alpha value is -1.20. The number of nitrogens with one attached hydrogen (secondary N) is 1. The van der Waals surface area contributed by atoms with Crippen LogP contribution in [0.1, 0.15) is 13.3 Å². The highest BCUT2D eigenvalue weighted by Gasteiger charge is 2.35. The average molecular weight is 295 g/mol. The summed E-state index contributed by atoms with van der Waals surface area (Å²) in [5.41, 5.74) is -0.215. The van der Waals surface area contributed by atoms with E-state index in [2.05, 4.69) is 5.32 Å². The summed E-state index contributed by atoms with van der Waals surface area (Å²) in [5, 5.41) is 2.93. The van der Waals surface area contributed by atoms with E-state index in [-0.39, 0.29) is 11.5 Å². The van der Waals surface area contributed by atoms with Gasteiger partial charge in [-0.2, -0.15) is 11.8 Å². The van der Waals surface area contributed by atoms with Crippen molar-refractivity contribution in [2.75, 3.05) is 25.2 Å². The summed E-state index contributed by atoms with van der Waals surface area (Å²) < 4.78 is 11.2. The standard InChI is InChI=1S/C15H21NO3S/c1-12(19-13-6-4-3-5-7-13)14(17)16-10-15(18-2)8-9-20-11-15/h3-7,12H,8-11H2,1-2H3,(H,16,17)/t12-,15-/m0/s1. The molecule has 0 saturated carbocycles. The molecular formula is C15H21NO3S. The van der Waals surface area contributed by atoms with Crippen LogP contribution in [0.3, 0.4) is 0 Å². The van der Waals surface area contributed by atoms with Gasteiger partial charge in [-0.15, -0.1) is 0 Å². The molecule has 1 aromatic rings. The highest BCUT2D eigenvalue weighted by atomic mass is 32.2. The lowest BCUT2D eigenvalue weighted by molar-refractivity contribution is -0.128. The lowest BCUT2D eigenvalue weighted by Gasteiger charge is -2.27. The monoisotopic (exact) mass is 295 g/mol. The highest BCUT2D eigenvalue weighted by molar-refractivity contribution is 7.99. The fourth-order valence-electron chi connectivity index (χ4n) is 2.11. The molecule has 0 aliphatic carbocycles. The summed E-state index contributed by atoms with van der Waals surface area (Å²) in [7, 11) is 1.71. The average Bonchev–Trinajstić information content (AvgIpc) is 2.95. The van der Waals surface area contributed by atoms with Crippen LogP contribution in [-0.4, -0.2) is 42.8 Å². The van der Waals surface area contributed by atoms with Crippen molar-refractivity contribution in [2.45, 2.75) is 25.0 Å². The van der Waals surface area contributed by atoms with Crippen molar-refractivity contribution < 1.29 is 14.3 Å². The first kappa shape index (κ1) is 15.2. The Morgan fingerprint density at radius 2 is 2.20 bits per heavy atom. The molecule has 0 aromatic heterocycles. The number of amides is 1. The van der Waals surface area contributed by atoms with Crippen LogP contribution in [0.15, 0.2) is 30.3 Å². The molecule has 1 heterocycles. The van der Waals surface area contributed by atoms with Gasteiger partial charge in [0.2, 0.25) is 0 Å². The molecule has 1 fully saturated rings. The molecule has 0 unspecified atom stereocenters. The van der Waals surface area contributed by atoms with Crippen LogP contribution >= 0.6 is 11.8 Å². The number of rotatable bonds is 6. The minimum Gasteiger partial charge on any atom is -0.481 e. The zero-order valence-corrected chi connectivity index (χ0v) is 12.7. The molecule has 1 aliphatic heterocycles. The molecule has 1 N–H and O–H groups in total. The van der Waals surface area contributed by atoms with Crippen molar-refractivity contribution >= 4 is 17.7 Å². The lowest BCUT2D eigenvalue weighted by atomic mass is 10.0. The van der Waals surface area contributed by atoms with Gasteiger partial charge in [-0.1, -0.05) is 18.2 Å². The third-order valence-corrected chi connectivity index (χ3v) is 4.73. The van der Waals surface area contributed by atoms with Gasteiger partial charge in [0.15, 0.2) is 6.10 Å². The summed E-state index contributed by atoms with van der Waals surface area (Å²) in [6, 6.07) is 9.37. The Bertz CT molecular complexity index is 432. The largest absolute Gasteiger partial charge is 0.481 e. The first-order valence-electron chi connectivity index (χ1n) is 6.77. The molecule has 4 nitrogen and oxygen atoms in total. The molecule has 20 heavy (non-hydrogen) atoms. The summed E-state index contributed by atoms with van der Waals surface area (Å²) >= 11 is 1.86. The second-order valence-electron chi connectivity index (χ2n) is 4.98. The van der Waals surface area contributed by atoms with E-state index in [0.29, 0.717) is 12.3 Å². The van der Waals surface area contributed by atoms with Gasteiger partial charge in [-0.05, 0) is 31.2 Å². The maximum atomic E-state index is 12.1. The van der Waals surface area contributed by atoms with E-state index in [1.165, 1.54) is 0 Å². The first-order chi connectivity index (χ1) is 9.65. The number of ether oxygens (including phenoxy) is 2. The fraction of sp³-hybridized carbons (Fsp3) is 0.533. The molecule has 1 aliphatic rings. The number of para-hydroxylation sites is 1. The van der Waals surface area contributed by atoms with E-state index in [1.807, 2.05) is 42.1 Å². The minimum atomic E-state index is -0.514. The Balaban J connectivity index is 1.82. The molecule has 2 atom stereocenters. The maximum Gasteiger partial charge on any atom is 0.260 e. The normalized spacial score (nSPS) is 23.3. The second-order valence-corrected chi connectivity index (χ2v) is 6.09.